The minimum absolute atomic E-state index is 0.0992. The summed E-state index contributed by atoms with van der Waals surface area (Å²) in [5.74, 6) is 1.33. The Morgan fingerprint density at radius 2 is 1.83 bits per heavy atom. The molecule has 1 fully saturated rings. The van der Waals surface area contributed by atoms with Crippen LogP contribution in [-0.2, 0) is 18.4 Å². The molecule has 1 aliphatic rings. The van der Waals surface area contributed by atoms with Gasteiger partial charge in [0.25, 0.3) is 5.56 Å². The quantitative estimate of drug-likeness (QED) is 0.580. The molecule has 0 bridgehead atoms. The third-order valence-electron chi connectivity index (χ3n) is 5.40. The summed E-state index contributed by atoms with van der Waals surface area (Å²) in [5, 5.41) is 12.6. The molecule has 2 aromatic carbocycles. The number of amides is 1. The maximum absolute atomic E-state index is 12.6. The number of hydrogen-bond acceptors (Lipinski definition) is 5. The van der Waals surface area contributed by atoms with Crippen molar-refractivity contribution in [2.45, 2.75) is 19.4 Å². The van der Waals surface area contributed by atoms with Crippen LogP contribution in [0.25, 0.3) is 16.7 Å². The Hall–Kier alpha value is -3.68. The maximum atomic E-state index is 12.6. The lowest BCUT2D eigenvalue weighted by Crippen LogP contribution is -2.25. The predicted molar refractivity (Wildman–Crippen MR) is 111 cm³/mol. The summed E-state index contributed by atoms with van der Waals surface area (Å²) in [6, 6.07) is 15.2. The van der Waals surface area contributed by atoms with Gasteiger partial charge in [0, 0.05) is 20.0 Å². The minimum atomic E-state index is -0.0992. The third kappa shape index (κ3) is 2.75. The van der Waals surface area contributed by atoms with Gasteiger partial charge in [0.15, 0.2) is 5.82 Å². The second kappa shape index (κ2) is 6.73. The van der Waals surface area contributed by atoms with Crippen LogP contribution in [0, 0.1) is 0 Å². The van der Waals surface area contributed by atoms with Crippen molar-refractivity contribution in [2.75, 3.05) is 16.8 Å². The van der Waals surface area contributed by atoms with Crippen LogP contribution in [0.15, 0.2) is 53.3 Å². The molecule has 8 heteroatoms. The van der Waals surface area contributed by atoms with Crippen LogP contribution in [-0.4, -0.2) is 31.6 Å². The average molecular weight is 388 g/mol. The van der Waals surface area contributed by atoms with Crippen molar-refractivity contribution in [3.05, 3.63) is 64.7 Å². The Morgan fingerprint density at radius 3 is 2.66 bits per heavy atom. The Kier molecular flexibility index (Phi) is 4.04. The Morgan fingerprint density at radius 1 is 1.03 bits per heavy atom. The van der Waals surface area contributed by atoms with Crippen LogP contribution in [0.3, 0.4) is 0 Å². The van der Waals surface area contributed by atoms with Gasteiger partial charge in [-0.15, -0.1) is 10.2 Å². The monoisotopic (exact) mass is 388 g/mol. The molecule has 29 heavy (non-hydrogen) atoms. The average Bonchev–Trinajstić information content (AvgIpc) is 3.37. The highest BCUT2D eigenvalue weighted by Gasteiger charge is 2.24. The van der Waals surface area contributed by atoms with E-state index in [1.165, 1.54) is 4.57 Å². The van der Waals surface area contributed by atoms with E-state index >= 15 is 0 Å². The number of aryl methyl sites for hydroxylation is 1. The Balaban J connectivity index is 1.55. The van der Waals surface area contributed by atoms with Gasteiger partial charge in [0.1, 0.15) is 0 Å². The number of aromatic nitrogens is 4. The van der Waals surface area contributed by atoms with Gasteiger partial charge in [0.2, 0.25) is 11.7 Å². The third-order valence-corrected chi connectivity index (χ3v) is 5.40. The Bertz CT molecular complexity index is 1310. The summed E-state index contributed by atoms with van der Waals surface area (Å²) in [7, 11) is 1.70. The first-order chi connectivity index (χ1) is 14.1. The first-order valence-corrected chi connectivity index (χ1v) is 9.60. The van der Waals surface area contributed by atoms with Crippen molar-refractivity contribution in [3.63, 3.8) is 0 Å². The number of benzene rings is 2. The van der Waals surface area contributed by atoms with Gasteiger partial charge >= 0.3 is 0 Å². The van der Waals surface area contributed by atoms with E-state index in [1.807, 2.05) is 57.8 Å². The van der Waals surface area contributed by atoms with Gasteiger partial charge in [-0.1, -0.05) is 24.3 Å². The molecule has 0 saturated carbocycles. The summed E-state index contributed by atoms with van der Waals surface area (Å²) in [4.78, 5) is 26.6. The zero-order valence-electron chi connectivity index (χ0n) is 16.0. The van der Waals surface area contributed by atoms with Crippen LogP contribution >= 0.6 is 0 Å². The molecule has 0 spiro atoms. The van der Waals surface area contributed by atoms with Gasteiger partial charge in [-0.25, -0.2) is 0 Å². The summed E-state index contributed by atoms with van der Waals surface area (Å²) in [6.45, 7) is 1.14. The molecular weight excluding hydrogens is 368 g/mol. The number of carbonyl (C=O) groups excluding carboxylic acids is 1. The van der Waals surface area contributed by atoms with E-state index in [0.29, 0.717) is 30.0 Å². The molecule has 0 atom stereocenters. The molecule has 0 radical (unpaired) electrons. The summed E-state index contributed by atoms with van der Waals surface area (Å²) < 4.78 is 3.41. The highest BCUT2D eigenvalue weighted by atomic mass is 16.2. The van der Waals surface area contributed by atoms with E-state index in [-0.39, 0.29) is 11.5 Å². The largest absolute Gasteiger partial charge is 0.376 e. The van der Waals surface area contributed by atoms with Crippen molar-refractivity contribution in [1.29, 1.82) is 0 Å². The fraction of sp³-hybridized carbons (Fsp3) is 0.238. The number of anilines is 2. The van der Waals surface area contributed by atoms with E-state index in [1.54, 1.807) is 7.05 Å². The zero-order valence-corrected chi connectivity index (χ0v) is 16.0. The molecule has 0 aliphatic carbocycles. The highest BCUT2D eigenvalue weighted by molar-refractivity contribution is 5.98. The second-order valence-electron chi connectivity index (χ2n) is 7.15. The van der Waals surface area contributed by atoms with Crippen LogP contribution in [0.2, 0.25) is 0 Å². The van der Waals surface area contributed by atoms with Gasteiger partial charge in [-0.2, -0.15) is 0 Å². The lowest BCUT2D eigenvalue weighted by molar-refractivity contribution is -0.117. The van der Waals surface area contributed by atoms with Gasteiger partial charge in [-0.05, 0) is 30.7 Å². The van der Waals surface area contributed by atoms with E-state index in [9.17, 15) is 9.59 Å². The number of fused-ring (bicyclic) bond motifs is 3. The number of para-hydroxylation sites is 3. The maximum Gasteiger partial charge on any atom is 0.262 e. The molecule has 4 aromatic rings. The van der Waals surface area contributed by atoms with Crippen LogP contribution in [0.4, 0.5) is 11.4 Å². The fourth-order valence-electron chi connectivity index (χ4n) is 3.94. The predicted octanol–water partition coefficient (Wildman–Crippen LogP) is 2.32. The van der Waals surface area contributed by atoms with Crippen molar-refractivity contribution in [3.8, 4) is 0 Å². The first-order valence-electron chi connectivity index (χ1n) is 9.60. The molecule has 3 heterocycles. The van der Waals surface area contributed by atoms with Gasteiger partial charge in [-0.3, -0.25) is 18.6 Å². The number of hydrogen-bond donors (Lipinski definition) is 1. The smallest absolute Gasteiger partial charge is 0.262 e. The molecule has 146 valence electrons. The molecule has 1 N–H and O–H groups in total. The van der Waals surface area contributed by atoms with Crippen molar-refractivity contribution < 1.29 is 4.79 Å². The summed E-state index contributed by atoms with van der Waals surface area (Å²) in [5.41, 5.74) is 2.42. The zero-order chi connectivity index (χ0) is 20.0. The molecule has 0 unspecified atom stereocenters. The number of carbonyl (C=O) groups is 1. The minimum Gasteiger partial charge on any atom is -0.376 e. The van der Waals surface area contributed by atoms with E-state index < -0.39 is 0 Å². The molecule has 5 rings (SSSR count). The van der Waals surface area contributed by atoms with E-state index in [0.717, 1.165) is 29.9 Å². The van der Waals surface area contributed by atoms with E-state index in [4.69, 9.17) is 0 Å². The Labute approximate surface area is 166 Å². The molecule has 2 aromatic heterocycles. The standard InChI is InChI=1S/C21H20N6O2/c1-25-20(29)14-7-2-4-9-16(14)27-18(23-24-21(25)27)13-22-15-8-3-5-10-17(15)26-12-6-11-19(26)28/h2-5,7-10,22H,6,11-13H2,1H3. The SMILES string of the molecule is Cn1c(=O)c2ccccc2n2c(CNc3ccccc3N3CCCC3=O)nnc12. The van der Waals surface area contributed by atoms with Gasteiger partial charge in [0.05, 0.1) is 28.8 Å². The second-order valence-corrected chi connectivity index (χ2v) is 7.15. The lowest BCUT2D eigenvalue weighted by atomic mass is 10.2. The van der Waals surface area contributed by atoms with Crippen LogP contribution < -0.4 is 15.8 Å². The topological polar surface area (TPSA) is 84.5 Å². The van der Waals surface area contributed by atoms with Crippen molar-refractivity contribution >= 4 is 34.0 Å². The molecule has 8 nitrogen and oxygen atoms in total. The molecule has 1 saturated heterocycles. The lowest BCUT2D eigenvalue weighted by Gasteiger charge is -2.20. The summed E-state index contributed by atoms with van der Waals surface area (Å²) in [6.07, 6.45) is 1.46. The normalized spacial score (nSPS) is 14.2. The summed E-state index contributed by atoms with van der Waals surface area (Å²) >= 11 is 0. The fourth-order valence-corrected chi connectivity index (χ4v) is 3.94. The molecule has 1 aliphatic heterocycles. The molecule has 1 amide bonds. The number of nitrogens with zero attached hydrogens (tertiary/aromatic N) is 5. The highest BCUT2D eigenvalue weighted by Crippen LogP contribution is 2.29. The number of rotatable bonds is 4. The van der Waals surface area contributed by atoms with Crippen LogP contribution in [0.5, 0.6) is 0 Å². The van der Waals surface area contributed by atoms with Gasteiger partial charge < -0.3 is 10.2 Å². The number of nitrogens with one attached hydrogen (secondary N) is 1. The van der Waals surface area contributed by atoms with E-state index in [2.05, 4.69) is 15.5 Å². The molecular formula is C21H20N6O2. The van der Waals surface area contributed by atoms with Crippen LogP contribution in [0.1, 0.15) is 18.7 Å². The first kappa shape index (κ1) is 17.4. The van der Waals surface area contributed by atoms with Crippen molar-refractivity contribution in [1.82, 2.24) is 19.2 Å². The van der Waals surface area contributed by atoms with Crippen molar-refractivity contribution in [2.24, 2.45) is 7.05 Å².